The molecule has 1 aromatic heterocycles. The normalized spacial score (nSPS) is 16.8. The average molecular weight is 285 g/mol. The Morgan fingerprint density at radius 1 is 1.19 bits per heavy atom. The molecule has 2 aromatic rings. The van der Waals surface area contributed by atoms with Crippen LogP contribution in [0.3, 0.4) is 0 Å². The quantitative estimate of drug-likeness (QED) is 0.672. The van der Waals surface area contributed by atoms with E-state index in [1.54, 1.807) is 0 Å². The van der Waals surface area contributed by atoms with Crippen LogP contribution < -0.4 is 11.1 Å². The minimum atomic E-state index is 0.0989. The molecule has 3 rings (SSSR count). The zero-order valence-electron chi connectivity index (χ0n) is 12.3. The van der Waals surface area contributed by atoms with Crippen LogP contribution in [0.25, 0.3) is 10.9 Å². The molecule has 0 atom stereocenters. The highest BCUT2D eigenvalue weighted by molar-refractivity contribution is 5.92. The summed E-state index contributed by atoms with van der Waals surface area (Å²) in [6.45, 7) is 0.365. The van der Waals surface area contributed by atoms with Gasteiger partial charge >= 0.3 is 0 Å². The first-order valence-corrected chi connectivity index (χ1v) is 7.87. The Morgan fingerprint density at radius 2 is 1.95 bits per heavy atom. The van der Waals surface area contributed by atoms with Crippen molar-refractivity contribution in [2.75, 3.05) is 5.73 Å². The second-order valence-corrected chi connectivity index (χ2v) is 5.98. The van der Waals surface area contributed by atoms with E-state index in [9.17, 15) is 4.79 Å². The molecule has 1 fully saturated rings. The Bertz CT molecular complexity index is 624. The molecule has 1 aliphatic carbocycles. The average Bonchev–Trinajstić information content (AvgIpc) is 2.70. The third-order valence-electron chi connectivity index (χ3n) is 4.38. The van der Waals surface area contributed by atoms with Crippen LogP contribution in [0.1, 0.15) is 38.5 Å². The monoisotopic (exact) mass is 285 g/mol. The number of fused-ring (bicyclic) bond motifs is 1. The van der Waals surface area contributed by atoms with Gasteiger partial charge in [-0.15, -0.1) is 0 Å². The van der Waals surface area contributed by atoms with Crippen LogP contribution in [-0.4, -0.2) is 16.5 Å². The molecule has 1 saturated carbocycles. The van der Waals surface area contributed by atoms with Crippen LogP contribution in [0.15, 0.2) is 30.5 Å². The molecule has 1 aromatic carbocycles. The molecular formula is C17H23N3O. The Kier molecular flexibility index (Phi) is 4.13. The fourth-order valence-electron chi connectivity index (χ4n) is 3.24. The summed E-state index contributed by atoms with van der Waals surface area (Å²) in [5.74, 6) is 0.0989. The number of nitrogen functional groups attached to an aromatic ring is 1. The topological polar surface area (TPSA) is 60.0 Å². The van der Waals surface area contributed by atoms with Gasteiger partial charge in [0, 0.05) is 23.3 Å². The smallest absolute Gasteiger partial charge is 0.240 e. The van der Waals surface area contributed by atoms with E-state index in [0.717, 1.165) is 29.4 Å². The van der Waals surface area contributed by atoms with Crippen LogP contribution in [-0.2, 0) is 11.3 Å². The number of nitrogens with zero attached hydrogens (tertiary/aromatic N) is 1. The predicted octanol–water partition coefficient (Wildman–Crippen LogP) is 3.06. The van der Waals surface area contributed by atoms with E-state index in [1.165, 1.54) is 25.7 Å². The van der Waals surface area contributed by atoms with Crippen molar-refractivity contribution in [1.29, 1.82) is 0 Å². The maximum absolute atomic E-state index is 12.3. The predicted molar refractivity (Wildman–Crippen MR) is 86.0 cm³/mol. The minimum absolute atomic E-state index is 0.0989. The highest BCUT2D eigenvalue weighted by Gasteiger charge is 2.15. The molecule has 0 spiro atoms. The number of hydrogen-bond acceptors (Lipinski definition) is 2. The lowest BCUT2D eigenvalue weighted by Crippen LogP contribution is -2.36. The number of rotatable bonds is 3. The van der Waals surface area contributed by atoms with Gasteiger partial charge in [-0.3, -0.25) is 4.79 Å². The maximum atomic E-state index is 12.3. The molecule has 1 heterocycles. The number of hydrogen-bond donors (Lipinski definition) is 2. The molecule has 0 radical (unpaired) electrons. The minimum Gasteiger partial charge on any atom is -0.398 e. The first-order chi connectivity index (χ1) is 10.2. The van der Waals surface area contributed by atoms with Gasteiger partial charge in [-0.1, -0.05) is 31.7 Å². The van der Waals surface area contributed by atoms with Gasteiger partial charge in [0.15, 0.2) is 0 Å². The molecule has 112 valence electrons. The highest BCUT2D eigenvalue weighted by atomic mass is 16.2. The molecule has 3 N–H and O–H groups in total. The molecule has 0 bridgehead atoms. The number of aromatic nitrogens is 1. The first-order valence-electron chi connectivity index (χ1n) is 7.87. The van der Waals surface area contributed by atoms with E-state index in [2.05, 4.69) is 5.32 Å². The molecule has 0 saturated heterocycles. The van der Waals surface area contributed by atoms with Crippen molar-refractivity contribution in [2.24, 2.45) is 0 Å². The number of amides is 1. The number of anilines is 1. The fourth-order valence-corrected chi connectivity index (χ4v) is 3.24. The van der Waals surface area contributed by atoms with Gasteiger partial charge in [-0.2, -0.15) is 0 Å². The van der Waals surface area contributed by atoms with Crippen molar-refractivity contribution in [3.05, 3.63) is 30.5 Å². The van der Waals surface area contributed by atoms with Gasteiger partial charge < -0.3 is 15.6 Å². The van der Waals surface area contributed by atoms with Crippen molar-refractivity contribution in [2.45, 2.75) is 51.1 Å². The SMILES string of the molecule is Nc1cccc2c1ccn2CC(=O)NC1CCCCCC1. The summed E-state index contributed by atoms with van der Waals surface area (Å²) in [5, 5.41) is 4.20. The zero-order chi connectivity index (χ0) is 14.7. The number of carbonyl (C=O) groups is 1. The Morgan fingerprint density at radius 3 is 2.71 bits per heavy atom. The van der Waals surface area contributed by atoms with Gasteiger partial charge in [0.25, 0.3) is 0 Å². The summed E-state index contributed by atoms with van der Waals surface area (Å²) in [5.41, 5.74) is 7.73. The number of nitrogens with two attached hydrogens (primary N) is 1. The summed E-state index contributed by atoms with van der Waals surface area (Å²) >= 11 is 0. The molecular weight excluding hydrogens is 262 g/mol. The second kappa shape index (κ2) is 6.20. The Hall–Kier alpha value is -1.97. The van der Waals surface area contributed by atoms with Crippen LogP contribution in [0.4, 0.5) is 5.69 Å². The van der Waals surface area contributed by atoms with Gasteiger partial charge in [0.1, 0.15) is 6.54 Å². The van der Waals surface area contributed by atoms with E-state index in [1.807, 2.05) is 35.0 Å². The summed E-state index contributed by atoms with van der Waals surface area (Å²) in [6.07, 6.45) is 9.23. The molecule has 0 aliphatic heterocycles. The van der Waals surface area contributed by atoms with E-state index in [0.29, 0.717) is 12.6 Å². The standard InChI is InChI=1S/C17H23N3O/c18-15-8-5-9-16-14(15)10-11-20(16)12-17(21)19-13-6-3-1-2-4-7-13/h5,8-11,13H,1-4,6-7,12,18H2,(H,19,21). The Labute approximate surface area is 125 Å². The van der Waals surface area contributed by atoms with Crippen LogP contribution in [0.5, 0.6) is 0 Å². The molecule has 21 heavy (non-hydrogen) atoms. The third-order valence-corrected chi connectivity index (χ3v) is 4.38. The molecule has 0 unspecified atom stereocenters. The first kappa shape index (κ1) is 14.0. The van der Waals surface area contributed by atoms with Gasteiger partial charge in [0.2, 0.25) is 5.91 Å². The summed E-state index contributed by atoms with van der Waals surface area (Å²) in [7, 11) is 0. The lowest BCUT2D eigenvalue weighted by molar-refractivity contribution is -0.122. The van der Waals surface area contributed by atoms with Crippen LogP contribution >= 0.6 is 0 Å². The van der Waals surface area contributed by atoms with Crippen molar-refractivity contribution >= 4 is 22.5 Å². The third kappa shape index (κ3) is 3.20. The summed E-state index contributed by atoms with van der Waals surface area (Å²) in [6, 6.07) is 8.15. The number of benzene rings is 1. The van der Waals surface area contributed by atoms with Gasteiger partial charge in [-0.25, -0.2) is 0 Å². The second-order valence-electron chi connectivity index (χ2n) is 5.98. The van der Waals surface area contributed by atoms with Crippen LogP contribution in [0, 0.1) is 0 Å². The lowest BCUT2D eigenvalue weighted by Gasteiger charge is -2.16. The molecule has 1 amide bonds. The summed E-state index contributed by atoms with van der Waals surface area (Å²) in [4.78, 5) is 12.3. The van der Waals surface area contributed by atoms with Crippen molar-refractivity contribution in [3.8, 4) is 0 Å². The van der Waals surface area contributed by atoms with E-state index in [-0.39, 0.29) is 5.91 Å². The fraction of sp³-hybridized carbons (Fsp3) is 0.471. The van der Waals surface area contributed by atoms with Crippen molar-refractivity contribution in [3.63, 3.8) is 0 Å². The largest absolute Gasteiger partial charge is 0.398 e. The zero-order valence-corrected chi connectivity index (χ0v) is 12.3. The Balaban J connectivity index is 1.67. The maximum Gasteiger partial charge on any atom is 0.240 e. The van der Waals surface area contributed by atoms with E-state index < -0.39 is 0 Å². The van der Waals surface area contributed by atoms with Crippen molar-refractivity contribution < 1.29 is 4.79 Å². The van der Waals surface area contributed by atoms with E-state index in [4.69, 9.17) is 5.73 Å². The van der Waals surface area contributed by atoms with Gasteiger partial charge in [0.05, 0.1) is 5.52 Å². The van der Waals surface area contributed by atoms with Gasteiger partial charge in [-0.05, 0) is 31.0 Å². The summed E-state index contributed by atoms with van der Waals surface area (Å²) < 4.78 is 1.97. The lowest BCUT2D eigenvalue weighted by atomic mass is 10.1. The van der Waals surface area contributed by atoms with Crippen molar-refractivity contribution in [1.82, 2.24) is 9.88 Å². The molecule has 1 aliphatic rings. The molecule has 4 heteroatoms. The van der Waals surface area contributed by atoms with Crippen LogP contribution in [0.2, 0.25) is 0 Å². The van der Waals surface area contributed by atoms with E-state index >= 15 is 0 Å². The molecule has 4 nitrogen and oxygen atoms in total. The number of carbonyl (C=O) groups excluding carboxylic acids is 1. The number of nitrogens with one attached hydrogen (secondary N) is 1. The highest BCUT2D eigenvalue weighted by Crippen LogP contribution is 2.22.